The normalized spacial score (nSPS) is 10.5. The first kappa shape index (κ1) is 9.22. The molecule has 6 nitrogen and oxygen atoms in total. The van der Waals surface area contributed by atoms with Gasteiger partial charge in [-0.1, -0.05) is 0 Å². The number of halogens is 1. The summed E-state index contributed by atoms with van der Waals surface area (Å²) in [6.45, 7) is 0. The zero-order valence-electron chi connectivity index (χ0n) is 7.45. The third kappa shape index (κ3) is 1.21. The Kier molecular flexibility index (Phi) is 2.26. The third-order valence-electron chi connectivity index (χ3n) is 1.92. The zero-order chi connectivity index (χ0) is 10.1. The van der Waals surface area contributed by atoms with Gasteiger partial charge in [0.05, 0.1) is 16.1 Å². The second-order valence-corrected chi connectivity index (χ2v) is 3.51. The van der Waals surface area contributed by atoms with Gasteiger partial charge in [0, 0.05) is 13.2 Å². The lowest BCUT2D eigenvalue weighted by atomic mass is 10.3. The molecule has 0 spiro atoms. The van der Waals surface area contributed by atoms with E-state index >= 15 is 0 Å². The predicted molar refractivity (Wildman–Crippen MR) is 58.3 cm³/mol. The summed E-state index contributed by atoms with van der Waals surface area (Å²) in [5.41, 5.74) is 3.32. The van der Waals surface area contributed by atoms with Crippen LogP contribution in [-0.2, 0) is 0 Å². The van der Waals surface area contributed by atoms with Crippen LogP contribution in [-0.4, -0.2) is 21.9 Å². The Balaban J connectivity index is 2.80. The summed E-state index contributed by atoms with van der Waals surface area (Å²) < 4.78 is 0.835. The predicted octanol–water partition coefficient (Wildman–Crippen LogP) is 0.653. The average molecular weight is 257 g/mol. The summed E-state index contributed by atoms with van der Waals surface area (Å²) in [5, 5.41) is 7.94. The topological polar surface area (TPSA) is 80.8 Å². The molecule has 74 valence electrons. The Bertz CT molecular complexity index is 464. The van der Waals surface area contributed by atoms with E-state index in [1.54, 1.807) is 12.4 Å². The minimum absolute atomic E-state index is 0.768. The van der Waals surface area contributed by atoms with Gasteiger partial charge in [-0.3, -0.25) is 0 Å². The molecule has 0 fully saturated rings. The Morgan fingerprint density at radius 1 is 1.50 bits per heavy atom. The van der Waals surface area contributed by atoms with E-state index in [0.717, 1.165) is 21.2 Å². The highest BCUT2D eigenvalue weighted by Gasteiger charge is 2.10. The molecule has 0 aliphatic heterocycles. The van der Waals surface area contributed by atoms with Crippen LogP contribution in [0.3, 0.4) is 0 Å². The fraction of sp³-hybridized carbons (Fsp3) is 0.143. The maximum absolute atomic E-state index is 5.31. The number of aromatic nitrogens is 3. The third-order valence-corrected chi connectivity index (χ3v) is 2.50. The van der Waals surface area contributed by atoms with E-state index in [1.165, 1.54) is 4.79 Å². The standard InChI is InChI=1S/C7H9BrN6/c1-10-7-4-2-12-14(13-9)6(4)5(8)3-11-7/h2-3,13H,9H2,1H3,(H,10,11). The van der Waals surface area contributed by atoms with Gasteiger partial charge in [-0.15, -0.1) is 0 Å². The fourth-order valence-electron chi connectivity index (χ4n) is 1.30. The first-order chi connectivity index (χ1) is 6.77. The number of hydrazine groups is 1. The van der Waals surface area contributed by atoms with Gasteiger partial charge < -0.3 is 5.32 Å². The molecular formula is C7H9BrN6. The fourth-order valence-corrected chi connectivity index (χ4v) is 1.78. The first-order valence-corrected chi connectivity index (χ1v) is 4.74. The van der Waals surface area contributed by atoms with Gasteiger partial charge in [-0.05, 0) is 15.9 Å². The van der Waals surface area contributed by atoms with E-state index in [-0.39, 0.29) is 0 Å². The lowest BCUT2D eigenvalue weighted by Crippen LogP contribution is -2.22. The molecule has 0 bridgehead atoms. The average Bonchev–Trinajstić information content (AvgIpc) is 2.63. The van der Waals surface area contributed by atoms with Crippen molar-refractivity contribution in [3.63, 3.8) is 0 Å². The van der Waals surface area contributed by atoms with Crippen molar-refractivity contribution in [3.05, 3.63) is 16.9 Å². The van der Waals surface area contributed by atoms with Crippen LogP contribution in [0.5, 0.6) is 0 Å². The summed E-state index contributed by atoms with van der Waals surface area (Å²) in [6, 6.07) is 0. The van der Waals surface area contributed by atoms with E-state index < -0.39 is 0 Å². The van der Waals surface area contributed by atoms with Crippen LogP contribution in [0.4, 0.5) is 5.82 Å². The molecular weight excluding hydrogens is 248 g/mol. The van der Waals surface area contributed by atoms with E-state index in [9.17, 15) is 0 Å². The number of hydrogen-bond donors (Lipinski definition) is 3. The molecule has 14 heavy (non-hydrogen) atoms. The maximum Gasteiger partial charge on any atom is 0.136 e. The second kappa shape index (κ2) is 3.43. The molecule has 2 rings (SSSR count). The lowest BCUT2D eigenvalue weighted by Gasteiger charge is -2.04. The van der Waals surface area contributed by atoms with Gasteiger partial charge in [0.1, 0.15) is 11.3 Å². The zero-order valence-corrected chi connectivity index (χ0v) is 9.04. The number of nitrogens with one attached hydrogen (secondary N) is 2. The molecule has 0 radical (unpaired) electrons. The highest BCUT2D eigenvalue weighted by Crippen LogP contribution is 2.26. The molecule has 2 aromatic rings. The molecule has 0 aromatic carbocycles. The minimum Gasteiger partial charge on any atom is -0.373 e. The molecule has 0 atom stereocenters. The quantitative estimate of drug-likeness (QED) is 0.543. The number of hydrogen-bond acceptors (Lipinski definition) is 5. The summed E-state index contributed by atoms with van der Waals surface area (Å²) in [6.07, 6.45) is 3.39. The largest absolute Gasteiger partial charge is 0.373 e. The van der Waals surface area contributed by atoms with Crippen LogP contribution in [0.25, 0.3) is 10.9 Å². The van der Waals surface area contributed by atoms with Crippen molar-refractivity contribution >= 4 is 32.7 Å². The summed E-state index contributed by atoms with van der Waals surface area (Å²) >= 11 is 3.38. The number of pyridine rings is 1. The van der Waals surface area contributed by atoms with Crippen LogP contribution < -0.4 is 16.7 Å². The van der Waals surface area contributed by atoms with Crippen molar-refractivity contribution in [3.8, 4) is 0 Å². The van der Waals surface area contributed by atoms with Gasteiger partial charge >= 0.3 is 0 Å². The molecule has 0 saturated heterocycles. The van der Waals surface area contributed by atoms with Crippen molar-refractivity contribution in [2.75, 3.05) is 17.9 Å². The first-order valence-electron chi connectivity index (χ1n) is 3.94. The van der Waals surface area contributed by atoms with Crippen LogP contribution in [0.2, 0.25) is 0 Å². The number of nitrogen functional groups attached to an aromatic ring is 1. The molecule has 0 aliphatic carbocycles. The lowest BCUT2D eigenvalue weighted by molar-refractivity contribution is 0.778. The smallest absolute Gasteiger partial charge is 0.136 e. The van der Waals surface area contributed by atoms with Gasteiger partial charge in [0.15, 0.2) is 0 Å². The van der Waals surface area contributed by atoms with E-state index in [0.29, 0.717) is 0 Å². The van der Waals surface area contributed by atoms with E-state index in [1.807, 2.05) is 7.05 Å². The number of nitrogens with zero attached hydrogens (tertiary/aromatic N) is 3. The van der Waals surface area contributed by atoms with Crippen LogP contribution in [0, 0.1) is 0 Å². The van der Waals surface area contributed by atoms with Crippen LogP contribution >= 0.6 is 15.9 Å². The molecule has 0 aliphatic rings. The van der Waals surface area contributed by atoms with Crippen molar-refractivity contribution in [2.45, 2.75) is 0 Å². The maximum atomic E-state index is 5.31. The molecule has 4 N–H and O–H groups in total. The molecule has 0 amide bonds. The summed E-state index contributed by atoms with van der Waals surface area (Å²) in [7, 11) is 1.81. The highest BCUT2D eigenvalue weighted by molar-refractivity contribution is 9.10. The number of nitrogens with two attached hydrogens (primary N) is 1. The number of fused-ring (bicyclic) bond motifs is 1. The van der Waals surface area contributed by atoms with Gasteiger partial charge in [0.2, 0.25) is 0 Å². The van der Waals surface area contributed by atoms with Crippen LogP contribution in [0.1, 0.15) is 0 Å². The monoisotopic (exact) mass is 256 g/mol. The molecule has 2 aromatic heterocycles. The minimum atomic E-state index is 0.768. The van der Waals surface area contributed by atoms with Gasteiger partial charge in [-0.25, -0.2) is 16.4 Å². The Morgan fingerprint density at radius 2 is 2.29 bits per heavy atom. The highest BCUT2D eigenvalue weighted by atomic mass is 79.9. The SMILES string of the molecule is CNc1ncc(Br)c2c1cnn2NN. The molecule has 2 heterocycles. The Hall–Kier alpha value is -1.34. The number of rotatable bonds is 2. The van der Waals surface area contributed by atoms with Crippen molar-refractivity contribution in [1.29, 1.82) is 0 Å². The second-order valence-electron chi connectivity index (χ2n) is 2.65. The van der Waals surface area contributed by atoms with Crippen molar-refractivity contribution in [1.82, 2.24) is 14.9 Å². The number of anilines is 1. The van der Waals surface area contributed by atoms with Crippen LogP contribution in [0.15, 0.2) is 16.9 Å². The molecule has 0 unspecified atom stereocenters. The van der Waals surface area contributed by atoms with Crippen molar-refractivity contribution in [2.24, 2.45) is 5.84 Å². The van der Waals surface area contributed by atoms with Crippen molar-refractivity contribution < 1.29 is 0 Å². The Labute approximate surface area is 88.6 Å². The summed E-state index contributed by atoms with van der Waals surface area (Å²) in [5.74, 6) is 6.08. The Morgan fingerprint density at radius 3 is 2.93 bits per heavy atom. The van der Waals surface area contributed by atoms with Gasteiger partial charge in [-0.2, -0.15) is 9.89 Å². The molecule has 7 heteroatoms. The van der Waals surface area contributed by atoms with Gasteiger partial charge in [0.25, 0.3) is 0 Å². The molecule has 0 saturated carbocycles. The summed E-state index contributed by atoms with van der Waals surface area (Å²) in [4.78, 5) is 5.67. The van der Waals surface area contributed by atoms with E-state index in [4.69, 9.17) is 5.84 Å². The van der Waals surface area contributed by atoms with E-state index in [2.05, 4.69) is 36.9 Å².